The summed E-state index contributed by atoms with van der Waals surface area (Å²) in [6.45, 7) is 3.70. The lowest BCUT2D eigenvalue weighted by atomic mass is 9.83. The van der Waals surface area contributed by atoms with Crippen LogP contribution in [-0.2, 0) is 11.3 Å². The van der Waals surface area contributed by atoms with Crippen molar-refractivity contribution in [2.24, 2.45) is 11.8 Å². The molecule has 0 radical (unpaired) electrons. The number of carbonyl (C=O) groups excluding carboxylic acids is 1. The van der Waals surface area contributed by atoms with Gasteiger partial charge in [-0.15, -0.1) is 11.3 Å². The minimum atomic E-state index is -0.0976. The van der Waals surface area contributed by atoms with Crippen LogP contribution in [0.4, 0.5) is 0 Å². The molecule has 5 heteroatoms. The van der Waals surface area contributed by atoms with Crippen LogP contribution in [0.3, 0.4) is 0 Å². The number of hydrogen-bond donors (Lipinski definition) is 1. The van der Waals surface area contributed by atoms with Gasteiger partial charge in [-0.05, 0) is 37.7 Å². The van der Waals surface area contributed by atoms with Gasteiger partial charge in [0.05, 0.1) is 5.92 Å². The first-order valence-electron chi connectivity index (χ1n) is 9.43. The molecule has 134 valence electrons. The molecule has 1 aliphatic carbocycles. The second kappa shape index (κ2) is 7.49. The van der Waals surface area contributed by atoms with Gasteiger partial charge in [0.2, 0.25) is 5.91 Å². The number of rotatable bonds is 4. The lowest BCUT2D eigenvalue weighted by molar-refractivity contribution is -0.141. The van der Waals surface area contributed by atoms with Gasteiger partial charge in [-0.2, -0.15) is 0 Å². The van der Waals surface area contributed by atoms with Crippen LogP contribution in [0.25, 0.3) is 0 Å². The van der Waals surface area contributed by atoms with Crippen molar-refractivity contribution in [3.63, 3.8) is 0 Å². The van der Waals surface area contributed by atoms with E-state index < -0.39 is 0 Å². The lowest BCUT2D eigenvalue weighted by Crippen LogP contribution is -2.50. The summed E-state index contributed by atoms with van der Waals surface area (Å²) >= 11 is 1.72. The van der Waals surface area contributed by atoms with E-state index >= 15 is 0 Å². The second-order valence-electron chi connectivity index (χ2n) is 7.67. The highest BCUT2D eigenvalue weighted by atomic mass is 32.1. The third-order valence-corrected chi connectivity index (χ3v) is 6.82. The van der Waals surface area contributed by atoms with Gasteiger partial charge in [-0.25, -0.2) is 0 Å². The first-order valence-corrected chi connectivity index (χ1v) is 10.3. The Balaban J connectivity index is 1.42. The number of hydrogen-bond acceptors (Lipinski definition) is 4. The minimum Gasteiger partial charge on any atom is -0.384 e. The molecule has 4 heterocycles. The quantitative estimate of drug-likeness (QED) is 0.840. The van der Waals surface area contributed by atoms with Gasteiger partial charge in [-0.1, -0.05) is 18.3 Å². The Bertz CT molecular complexity index is 685. The standard InChI is InChI=1S/C20H26N2O2S/c23-8-2-5-16-9-19(25-14-16)13-21-11-17-6-7-18(12-21)22(20(17)24)10-15-3-1-4-15/h9,14-15,17-18,23H,1,3-4,6-8,10-13H2/t17-,18+/m0/s1. The molecule has 3 saturated heterocycles. The Labute approximate surface area is 153 Å². The van der Waals surface area contributed by atoms with Crippen molar-refractivity contribution in [1.82, 2.24) is 9.80 Å². The van der Waals surface area contributed by atoms with E-state index in [1.54, 1.807) is 11.3 Å². The van der Waals surface area contributed by atoms with Crippen molar-refractivity contribution in [2.75, 3.05) is 26.2 Å². The molecule has 0 spiro atoms. The summed E-state index contributed by atoms with van der Waals surface area (Å²) in [7, 11) is 0. The molecule has 2 bridgehead atoms. The van der Waals surface area contributed by atoms with Crippen LogP contribution in [0.5, 0.6) is 0 Å². The molecule has 2 atom stereocenters. The average molecular weight is 359 g/mol. The van der Waals surface area contributed by atoms with Crippen molar-refractivity contribution < 1.29 is 9.90 Å². The average Bonchev–Trinajstić information content (AvgIpc) is 2.84. The van der Waals surface area contributed by atoms with Crippen molar-refractivity contribution in [3.8, 4) is 11.8 Å². The molecule has 1 amide bonds. The number of nitrogens with zero attached hydrogens (tertiary/aromatic N) is 2. The van der Waals surface area contributed by atoms with E-state index in [4.69, 9.17) is 5.11 Å². The van der Waals surface area contributed by atoms with Crippen molar-refractivity contribution in [1.29, 1.82) is 0 Å². The van der Waals surface area contributed by atoms with E-state index in [-0.39, 0.29) is 12.5 Å². The summed E-state index contributed by atoms with van der Waals surface area (Å²) in [5.74, 6) is 7.02. The fraction of sp³-hybridized carbons (Fsp3) is 0.650. The maximum Gasteiger partial charge on any atom is 0.227 e. The summed E-state index contributed by atoms with van der Waals surface area (Å²) in [4.78, 5) is 18.9. The van der Waals surface area contributed by atoms with Gasteiger partial charge >= 0.3 is 0 Å². The fourth-order valence-electron chi connectivity index (χ4n) is 4.34. The predicted octanol–water partition coefficient (Wildman–Crippen LogP) is 2.31. The van der Waals surface area contributed by atoms with Gasteiger partial charge in [0, 0.05) is 48.0 Å². The van der Waals surface area contributed by atoms with E-state index in [9.17, 15) is 4.79 Å². The summed E-state index contributed by atoms with van der Waals surface area (Å²) in [5.41, 5.74) is 0.981. The third kappa shape index (κ3) is 3.76. The van der Waals surface area contributed by atoms with Crippen molar-refractivity contribution in [3.05, 3.63) is 21.9 Å². The van der Waals surface area contributed by atoms with E-state index in [0.717, 1.165) is 50.5 Å². The van der Waals surface area contributed by atoms with Crippen LogP contribution in [0, 0.1) is 23.7 Å². The van der Waals surface area contributed by atoms with Crippen LogP contribution in [0.2, 0.25) is 0 Å². The van der Waals surface area contributed by atoms with Crippen LogP contribution in [0.1, 0.15) is 42.5 Å². The molecule has 5 rings (SSSR count). The molecule has 4 fully saturated rings. The van der Waals surface area contributed by atoms with Gasteiger partial charge in [-0.3, -0.25) is 9.69 Å². The van der Waals surface area contributed by atoms with Crippen LogP contribution in [-0.4, -0.2) is 53.1 Å². The summed E-state index contributed by atoms with van der Waals surface area (Å²) in [6.07, 6.45) is 6.17. The smallest absolute Gasteiger partial charge is 0.227 e. The topological polar surface area (TPSA) is 43.8 Å². The molecule has 3 aliphatic heterocycles. The number of fused-ring (bicyclic) bond motifs is 4. The molecular formula is C20H26N2O2S. The highest BCUT2D eigenvalue weighted by Crippen LogP contribution is 2.34. The van der Waals surface area contributed by atoms with E-state index in [0.29, 0.717) is 11.9 Å². The monoisotopic (exact) mass is 358 g/mol. The molecule has 1 aromatic heterocycles. The number of amides is 1. The first kappa shape index (κ1) is 17.1. The van der Waals surface area contributed by atoms with Gasteiger partial charge in [0.25, 0.3) is 0 Å². The number of aliphatic hydroxyl groups excluding tert-OH is 1. The third-order valence-electron chi connectivity index (χ3n) is 5.89. The zero-order valence-electron chi connectivity index (χ0n) is 14.6. The molecule has 0 aromatic carbocycles. The molecular weight excluding hydrogens is 332 g/mol. The first-order chi connectivity index (χ1) is 12.2. The van der Waals surface area contributed by atoms with Gasteiger partial charge < -0.3 is 10.0 Å². The molecule has 25 heavy (non-hydrogen) atoms. The predicted molar refractivity (Wildman–Crippen MR) is 99.1 cm³/mol. The maximum atomic E-state index is 12.9. The second-order valence-corrected chi connectivity index (χ2v) is 8.67. The minimum absolute atomic E-state index is 0.0976. The van der Waals surface area contributed by atoms with Crippen LogP contribution < -0.4 is 0 Å². The Hall–Kier alpha value is -1.35. The summed E-state index contributed by atoms with van der Waals surface area (Å²) < 4.78 is 0. The Kier molecular flexibility index (Phi) is 5.12. The Morgan fingerprint density at radius 3 is 2.88 bits per heavy atom. The molecule has 1 saturated carbocycles. The zero-order valence-corrected chi connectivity index (χ0v) is 15.4. The van der Waals surface area contributed by atoms with Crippen LogP contribution >= 0.6 is 11.3 Å². The highest BCUT2D eigenvalue weighted by molar-refractivity contribution is 7.10. The van der Waals surface area contributed by atoms with Crippen molar-refractivity contribution >= 4 is 17.2 Å². The van der Waals surface area contributed by atoms with Crippen molar-refractivity contribution in [2.45, 2.75) is 44.7 Å². The molecule has 1 aromatic rings. The molecule has 0 unspecified atom stereocenters. The SMILES string of the molecule is O=C1[C@H]2CC[C@H](CN(Cc3cc(C#CCO)cs3)C2)N1CC1CCC1. The Morgan fingerprint density at radius 1 is 1.24 bits per heavy atom. The number of aliphatic hydroxyl groups is 1. The number of piperidine rings is 1. The highest BCUT2D eigenvalue weighted by Gasteiger charge is 2.41. The lowest BCUT2D eigenvalue weighted by Gasteiger charge is -2.40. The van der Waals surface area contributed by atoms with Gasteiger partial charge in [0.1, 0.15) is 6.61 Å². The number of thiophene rings is 1. The molecule has 4 nitrogen and oxygen atoms in total. The van der Waals surface area contributed by atoms with E-state index in [2.05, 4.69) is 33.1 Å². The normalized spacial score (nSPS) is 26.9. The number of carbonyl (C=O) groups is 1. The fourth-order valence-corrected chi connectivity index (χ4v) is 5.20. The molecule has 1 N–H and O–H groups in total. The van der Waals surface area contributed by atoms with Gasteiger partial charge in [0.15, 0.2) is 0 Å². The Morgan fingerprint density at radius 2 is 2.12 bits per heavy atom. The van der Waals surface area contributed by atoms with E-state index in [1.807, 2.05) is 0 Å². The summed E-state index contributed by atoms with van der Waals surface area (Å²) in [5, 5.41) is 10.9. The summed E-state index contributed by atoms with van der Waals surface area (Å²) in [6, 6.07) is 2.52. The molecule has 4 aliphatic rings. The largest absolute Gasteiger partial charge is 0.384 e. The van der Waals surface area contributed by atoms with Crippen LogP contribution in [0.15, 0.2) is 11.4 Å². The zero-order chi connectivity index (χ0) is 17.2. The van der Waals surface area contributed by atoms with E-state index in [1.165, 1.54) is 24.1 Å². The maximum absolute atomic E-state index is 12.9.